The van der Waals surface area contributed by atoms with Gasteiger partial charge in [-0.2, -0.15) is 0 Å². The average molecular weight is 251 g/mol. The molecule has 0 aliphatic heterocycles. The summed E-state index contributed by atoms with van der Waals surface area (Å²) in [6.07, 6.45) is 1.80. The van der Waals surface area contributed by atoms with E-state index in [0.29, 0.717) is 11.8 Å². The fourth-order valence-corrected chi connectivity index (χ4v) is 2.02. The molecule has 0 amide bonds. The van der Waals surface area contributed by atoms with Crippen molar-refractivity contribution in [2.75, 3.05) is 0 Å². The maximum atomic E-state index is 5.45. The van der Waals surface area contributed by atoms with E-state index in [9.17, 15) is 0 Å². The Labute approximate surface area is 111 Å². The Morgan fingerprint density at radius 2 is 1.79 bits per heavy atom. The van der Waals surface area contributed by atoms with Crippen molar-refractivity contribution in [3.63, 3.8) is 0 Å². The molecule has 2 heterocycles. The van der Waals surface area contributed by atoms with Crippen molar-refractivity contribution < 1.29 is 4.42 Å². The van der Waals surface area contributed by atoms with E-state index < -0.39 is 0 Å². The number of hydrogen-bond donors (Lipinski definition) is 0. The van der Waals surface area contributed by atoms with Crippen LogP contribution >= 0.6 is 0 Å². The minimum Gasteiger partial charge on any atom is -0.421 e. The van der Waals surface area contributed by atoms with Gasteiger partial charge in [-0.15, -0.1) is 10.2 Å². The molecule has 0 saturated carbocycles. The molecule has 0 radical (unpaired) electrons. The second-order valence-electron chi connectivity index (χ2n) is 4.34. The third-order valence-corrected chi connectivity index (χ3v) is 2.95. The highest BCUT2D eigenvalue weighted by molar-refractivity contribution is 5.70. The summed E-state index contributed by atoms with van der Waals surface area (Å²) in [5.74, 6) is 1.11. The van der Waals surface area contributed by atoms with Gasteiger partial charge in [0.25, 0.3) is 0 Å². The van der Waals surface area contributed by atoms with E-state index >= 15 is 0 Å². The van der Waals surface area contributed by atoms with E-state index in [1.807, 2.05) is 31.2 Å². The smallest absolute Gasteiger partial charge is 0.247 e. The van der Waals surface area contributed by atoms with Gasteiger partial charge in [0.15, 0.2) is 0 Å². The fourth-order valence-electron chi connectivity index (χ4n) is 2.02. The predicted molar refractivity (Wildman–Crippen MR) is 72.4 cm³/mol. The molecule has 0 bridgehead atoms. The maximum Gasteiger partial charge on any atom is 0.247 e. The Kier molecular flexibility index (Phi) is 2.83. The van der Waals surface area contributed by atoms with Crippen LogP contribution in [0, 0.1) is 13.8 Å². The number of aromatic nitrogens is 3. The number of aryl methyl sites for hydroxylation is 2. The fraction of sp³-hybridized carbons (Fsp3) is 0.133. The molecule has 0 N–H and O–H groups in total. The molecule has 1 aromatic carbocycles. The predicted octanol–water partition coefficient (Wildman–Crippen LogP) is 3.42. The van der Waals surface area contributed by atoms with Crippen molar-refractivity contribution >= 4 is 0 Å². The van der Waals surface area contributed by atoms with Gasteiger partial charge in [0.05, 0.1) is 0 Å². The van der Waals surface area contributed by atoms with E-state index in [-0.39, 0.29) is 0 Å². The summed E-state index contributed by atoms with van der Waals surface area (Å²) in [5, 5.41) is 7.89. The molecule has 0 fully saturated rings. The number of pyridine rings is 1. The Morgan fingerprint density at radius 3 is 2.53 bits per heavy atom. The lowest BCUT2D eigenvalue weighted by molar-refractivity contribution is 0.533. The van der Waals surface area contributed by atoms with Gasteiger partial charge < -0.3 is 4.42 Å². The van der Waals surface area contributed by atoms with Gasteiger partial charge in [-0.05, 0) is 30.7 Å². The molecule has 94 valence electrons. The SMILES string of the molecule is Cc1nnc(-c2cccc(-c3cccnc3C)c2)o1. The monoisotopic (exact) mass is 251 g/mol. The van der Waals surface area contributed by atoms with E-state index in [0.717, 1.165) is 22.4 Å². The Hall–Kier alpha value is -2.49. The highest BCUT2D eigenvalue weighted by Crippen LogP contribution is 2.26. The van der Waals surface area contributed by atoms with Gasteiger partial charge >= 0.3 is 0 Å². The summed E-state index contributed by atoms with van der Waals surface area (Å²) < 4.78 is 5.45. The number of hydrogen-bond acceptors (Lipinski definition) is 4. The number of rotatable bonds is 2. The van der Waals surface area contributed by atoms with Crippen LogP contribution in [0.25, 0.3) is 22.6 Å². The first kappa shape index (κ1) is 11.6. The third kappa shape index (κ3) is 2.25. The summed E-state index contributed by atoms with van der Waals surface area (Å²) in [6, 6.07) is 12.0. The number of nitrogens with zero attached hydrogens (tertiary/aromatic N) is 3. The first-order valence-electron chi connectivity index (χ1n) is 6.06. The van der Waals surface area contributed by atoms with Crippen LogP contribution in [0.5, 0.6) is 0 Å². The molecule has 2 aromatic heterocycles. The summed E-state index contributed by atoms with van der Waals surface area (Å²) in [5.41, 5.74) is 4.13. The van der Waals surface area contributed by atoms with Crippen LogP contribution in [0.15, 0.2) is 47.0 Å². The molecule has 0 spiro atoms. The van der Waals surface area contributed by atoms with Crippen molar-refractivity contribution in [3.8, 4) is 22.6 Å². The van der Waals surface area contributed by atoms with Crippen LogP contribution in [-0.2, 0) is 0 Å². The standard InChI is InChI=1S/C15H13N3O/c1-10-14(7-4-8-16-10)12-5-3-6-13(9-12)15-18-17-11(2)19-15/h3-9H,1-2H3. The van der Waals surface area contributed by atoms with Crippen molar-refractivity contribution in [2.24, 2.45) is 0 Å². The summed E-state index contributed by atoms with van der Waals surface area (Å²) in [4.78, 5) is 4.31. The van der Waals surface area contributed by atoms with Gasteiger partial charge in [0.1, 0.15) is 0 Å². The van der Waals surface area contributed by atoms with Crippen molar-refractivity contribution in [1.82, 2.24) is 15.2 Å². The lowest BCUT2D eigenvalue weighted by Gasteiger charge is -2.05. The normalized spacial score (nSPS) is 10.6. The molecule has 3 rings (SSSR count). The van der Waals surface area contributed by atoms with Crippen LogP contribution in [0.4, 0.5) is 0 Å². The van der Waals surface area contributed by atoms with Crippen LogP contribution in [0.1, 0.15) is 11.6 Å². The molecule has 0 aliphatic carbocycles. The zero-order valence-electron chi connectivity index (χ0n) is 10.8. The van der Waals surface area contributed by atoms with Crippen LogP contribution < -0.4 is 0 Å². The third-order valence-electron chi connectivity index (χ3n) is 2.95. The molecular weight excluding hydrogens is 238 g/mol. The lowest BCUT2D eigenvalue weighted by Crippen LogP contribution is -1.87. The average Bonchev–Trinajstić information content (AvgIpc) is 2.86. The summed E-state index contributed by atoms with van der Waals surface area (Å²) in [7, 11) is 0. The van der Waals surface area contributed by atoms with E-state index in [1.165, 1.54) is 0 Å². The Morgan fingerprint density at radius 1 is 0.947 bits per heavy atom. The van der Waals surface area contributed by atoms with Gasteiger partial charge in [0.2, 0.25) is 11.8 Å². The first-order chi connectivity index (χ1) is 9.24. The lowest BCUT2D eigenvalue weighted by atomic mass is 10.0. The van der Waals surface area contributed by atoms with Crippen molar-refractivity contribution in [2.45, 2.75) is 13.8 Å². The molecule has 4 nitrogen and oxygen atoms in total. The molecule has 0 aliphatic rings. The van der Waals surface area contributed by atoms with Gasteiger partial charge in [-0.25, -0.2) is 0 Å². The van der Waals surface area contributed by atoms with E-state index in [1.54, 1.807) is 13.1 Å². The molecule has 19 heavy (non-hydrogen) atoms. The highest BCUT2D eigenvalue weighted by Gasteiger charge is 2.08. The number of benzene rings is 1. The molecule has 0 unspecified atom stereocenters. The van der Waals surface area contributed by atoms with Crippen LogP contribution in [0.2, 0.25) is 0 Å². The molecule has 0 saturated heterocycles. The van der Waals surface area contributed by atoms with Gasteiger partial charge in [0, 0.05) is 29.9 Å². The molecule has 3 aromatic rings. The van der Waals surface area contributed by atoms with Gasteiger partial charge in [-0.3, -0.25) is 4.98 Å². The van der Waals surface area contributed by atoms with E-state index in [4.69, 9.17) is 4.42 Å². The van der Waals surface area contributed by atoms with Crippen LogP contribution in [0.3, 0.4) is 0 Å². The largest absolute Gasteiger partial charge is 0.421 e. The molecular formula is C15H13N3O. The molecule has 4 heteroatoms. The zero-order chi connectivity index (χ0) is 13.2. The first-order valence-corrected chi connectivity index (χ1v) is 6.06. The Bertz CT molecular complexity index is 719. The second kappa shape index (κ2) is 4.65. The maximum absolute atomic E-state index is 5.45. The van der Waals surface area contributed by atoms with E-state index in [2.05, 4.69) is 27.3 Å². The van der Waals surface area contributed by atoms with Gasteiger partial charge in [-0.1, -0.05) is 18.2 Å². The minimum atomic E-state index is 0.542. The second-order valence-corrected chi connectivity index (χ2v) is 4.34. The quantitative estimate of drug-likeness (QED) is 0.700. The molecule has 0 atom stereocenters. The van der Waals surface area contributed by atoms with Crippen molar-refractivity contribution in [1.29, 1.82) is 0 Å². The van der Waals surface area contributed by atoms with Crippen LogP contribution in [-0.4, -0.2) is 15.2 Å². The summed E-state index contributed by atoms with van der Waals surface area (Å²) in [6.45, 7) is 3.78. The zero-order valence-corrected chi connectivity index (χ0v) is 10.8. The minimum absolute atomic E-state index is 0.542. The topological polar surface area (TPSA) is 51.8 Å². The van der Waals surface area contributed by atoms with Crippen molar-refractivity contribution in [3.05, 3.63) is 54.2 Å². The summed E-state index contributed by atoms with van der Waals surface area (Å²) >= 11 is 0. The Balaban J connectivity index is 2.08. The highest BCUT2D eigenvalue weighted by atomic mass is 16.4.